The molecule has 2 N–H and O–H groups in total. The minimum absolute atomic E-state index is 0.187. The zero-order chi connectivity index (χ0) is 19.6. The maximum absolute atomic E-state index is 13.0. The normalized spacial score (nSPS) is 13.9. The second-order valence-corrected chi connectivity index (χ2v) is 7.23. The highest BCUT2D eigenvalue weighted by Crippen LogP contribution is 2.36. The van der Waals surface area contributed by atoms with Gasteiger partial charge in [-0.3, -0.25) is 20.2 Å². The van der Waals surface area contributed by atoms with E-state index in [1.807, 2.05) is 10.6 Å². The summed E-state index contributed by atoms with van der Waals surface area (Å²) >= 11 is 6.78. The Morgan fingerprint density at radius 2 is 1.52 bits per heavy atom. The van der Waals surface area contributed by atoms with Gasteiger partial charge in [0.15, 0.2) is 0 Å². The summed E-state index contributed by atoms with van der Waals surface area (Å²) < 4.78 is 19.9. The summed E-state index contributed by atoms with van der Waals surface area (Å²) in [5, 5.41) is 4.02. The summed E-state index contributed by atoms with van der Waals surface area (Å²) in [4.78, 5) is 34.7. The summed E-state index contributed by atoms with van der Waals surface area (Å²) in [5.74, 6) is -1.36. The summed E-state index contributed by atoms with van der Waals surface area (Å²) in [6.07, 6.45) is 1.36. The molecule has 6 nitrogen and oxygen atoms in total. The van der Waals surface area contributed by atoms with Crippen LogP contribution >= 0.6 is 31.9 Å². The zero-order valence-electron chi connectivity index (χ0n) is 13.5. The zero-order valence-corrected chi connectivity index (χ0v) is 16.7. The van der Waals surface area contributed by atoms with Gasteiger partial charge in [0.1, 0.15) is 23.7 Å². The molecule has 27 heavy (non-hydrogen) atoms. The van der Waals surface area contributed by atoms with Crippen molar-refractivity contribution in [2.45, 2.75) is 6.61 Å². The fourth-order valence-corrected chi connectivity index (χ4v) is 3.76. The van der Waals surface area contributed by atoms with E-state index in [1.165, 1.54) is 18.2 Å². The van der Waals surface area contributed by atoms with Crippen LogP contribution < -0.4 is 15.4 Å². The van der Waals surface area contributed by atoms with Crippen molar-refractivity contribution in [1.82, 2.24) is 10.6 Å². The molecule has 9 heteroatoms. The molecule has 1 fully saturated rings. The molecule has 0 aromatic heterocycles. The second-order valence-electron chi connectivity index (χ2n) is 5.52. The Bertz CT molecular complexity index is 929. The quantitative estimate of drug-likeness (QED) is 0.498. The van der Waals surface area contributed by atoms with Gasteiger partial charge in [-0.25, -0.2) is 9.18 Å². The molecule has 0 radical (unpaired) electrons. The number of urea groups is 1. The van der Waals surface area contributed by atoms with Gasteiger partial charge in [0.2, 0.25) is 0 Å². The Morgan fingerprint density at radius 1 is 0.963 bits per heavy atom. The van der Waals surface area contributed by atoms with Crippen molar-refractivity contribution in [2.75, 3.05) is 0 Å². The summed E-state index contributed by atoms with van der Waals surface area (Å²) in [6.45, 7) is 0.227. The molecule has 0 bridgehead atoms. The third kappa shape index (κ3) is 4.61. The lowest BCUT2D eigenvalue weighted by molar-refractivity contribution is -0.123. The minimum Gasteiger partial charge on any atom is -0.487 e. The largest absolute Gasteiger partial charge is 0.487 e. The van der Waals surface area contributed by atoms with Gasteiger partial charge in [-0.2, -0.15) is 0 Å². The van der Waals surface area contributed by atoms with E-state index < -0.39 is 17.8 Å². The Hall–Kier alpha value is -2.52. The maximum Gasteiger partial charge on any atom is 0.328 e. The fourth-order valence-electron chi connectivity index (χ4n) is 2.31. The molecule has 3 rings (SSSR count). The molecule has 1 heterocycles. The van der Waals surface area contributed by atoms with Crippen molar-refractivity contribution >= 4 is 55.8 Å². The lowest BCUT2D eigenvalue weighted by atomic mass is 10.1. The van der Waals surface area contributed by atoms with E-state index in [0.29, 0.717) is 20.3 Å². The first-order chi connectivity index (χ1) is 12.8. The van der Waals surface area contributed by atoms with Gasteiger partial charge in [-0.1, -0.05) is 12.1 Å². The molecule has 1 saturated heterocycles. The number of hydrogen-bond donors (Lipinski definition) is 2. The number of benzene rings is 2. The van der Waals surface area contributed by atoms with Crippen LogP contribution in [-0.2, 0) is 16.2 Å². The van der Waals surface area contributed by atoms with Gasteiger partial charge in [0, 0.05) is 0 Å². The first-order valence-electron chi connectivity index (χ1n) is 7.58. The molecule has 1 aliphatic heterocycles. The molecule has 0 atom stereocenters. The molecule has 0 unspecified atom stereocenters. The number of rotatable bonds is 4. The molecule has 2 aromatic carbocycles. The average molecular weight is 498 g/mol. The fraction of sp³-hybridized carbons (Fsp3) is 0.0556. The number of halogens is 3. The van der Waals surface area contributed by atoms with Crippen molar-refractivity contribution in [1.29, 1.82) is 0 Å². The molecular formula is C18H11Br2FN2O4. The van der Waals surface area contributed by atoms with Crippen LogP contribution in [0.2, 0.25) is 0 Å². The monoisotopic (exact) mass is 496 g/mol. The average Bonchev–Trinajstić information content (AvgIpc) is 2.59. The van der Waals surface area contributed by atoms with E-state index in [9.17, 15) is 18.8 Å². The van der Waals surface area contributed by atoms with Gasteiger partial charge in [-0.05, 0) is 73.3 Å². The predicted octanol–water partition coefficient (Wildman–Crippen LogP) is 3.68. The molecule has 0 saturated carbocycles. The highest BCUT2D eigenvalue weighted by Gasteiger charge is 2.27. The van der Waals surface area contributed by atoms with Gasteiger partial charge >= 0.3 is 6.03 Å². The van der Waals surface area contributed by atoms with Crippen LogP contribution in [0.3, 0.4) is 0 Å². The molecule has 0 aliphatic carbocycles. The van der Waals surface area contributed by atoms with E-state index in [1.54, 1.807) is 24.3 Å². The number of amides is 4. The molecule has 0 spiro atoms. The van der Waals surface area contributed by atoms with Crippen molar-refractivity contribution in [3.63, 3.8) is 0 Å². The van der Waals surface area contributed by atoms with Gasteiger partial charge in [0.05, 0.1) is 8.95 Å². The van der Waals surface area contributed by atoms with Crippen LogP contribution in [0.25, 0.3) is 6.08 Å². The van der Waals surface area contributed by atoms with Crippen molar-refractivity contribution in [2.24, 2.45) is 0 Å². The van der Waals surface area contributed by atoms with Gasteiger partial charge in [-0.15, -0.1) is 0 Å². The number of hydrogen-bond acceptors (Lipinski definition) is 4. The van der Waals surface area contributed by atoms with Crippen LogP contribution in [0, 0.1) is 5.82 Å². The third-order valence-electron chi connectivity index (χ3n) is 3.57. The number of barbiturate groups is 1. The first kappa shape index (κ1) is 19.2. The SMILES string of the molecule is O=C1NC(=O)C(=Cc2cc(Br)c(OCc3ccc(F)cc3)c(Br)c2)C(=O)N1. The van der Waals surface area contributed by atoms with E-state index in [2.05, 4.69) is 31.9 Å². The van der Waals surface area contributed by atoms with Crippen molar-refractivity contribution < 1.29 is 23.5 Å². The highest BCUT2D eigenvalue weighted by molar-refractivity contribution is 9.11. The van der Waals surface area contributed by atoms with Crippen molar-refractivity contribution in [3.05, 3.63) is 67.9 Å². The third-order valence-corrected chi connectivity index (χ3v) is 4.75. The number of carbonyl (C=O) groups is 3. The summed E-state index contributed by atoms with van der Waals surface area (Å²) in [5.41, 5.74) is 1.15. The van der Waals surface area contributed by atoms with Crippen LogP contribution in [-0.4, -0.2) is 17.8 Å². The maximum atomic E-state index is 13.0. The Kier molecular flexibility index (Phi) is 5.71. The minimum atomic E-state index is -0.853. The number of ether oxygens (including phenoxy) is 1. The Balaban J connectivity index is 1.81. The Morgan fingerprint density at radius 3 is 2.07 bits per heavy atom. The van der Waals surface area contributed by atoms with E-state index in [4.69, 9.17) is 4.74 Å². The molecule has 138 valence electrons. The lowest BCUT2D eigenvalue weighted by Gasteiger charge is -2.15. The predicted molar refractivity (Wildman–Crippen MR) is 102 cm³/mol. The molecule has 2 aromatic rings. The lowest BCUT2D eigenvalue weighted by Crippen LogP contribution is -2.51. The van der Waals surface area contributed by atoms with E-state index in [-0.39, 0.29) is 18.0 Å². The van der Waals surface area contributed by atoms with Gasteiger partial charge < -0.3 is 4.74 Å². The standard InChI is InChI=1S/C18H11Br2FN2O4/c19-13-6-10(5-12-16(24)22-18(26)23-17(12)25)7-14(20)15(13)27-8-9-1-3-11(21)4-2-9/h1-7H,8H2,(H2,22,23,24,25,26). The molecule has 1 aliphatic rings. The molecular weight excluding hydrogens is 487 g/mol. The number of imide groups is 2. The van der Waals surface area contributed by atoms with Gasteiger partial charge in [0.25, 0.3) is 11.8 Å². The highest BCUT2D eigenvalue weighted by atomic mass is 79.9. The molecule has 4 amide bonds. The number of nitrogens with one attached hydrogen (secondary N) is 2. The van der Waals surface area contributed by atoms with Crippen LogP contribution in [0.4, 0.5) is 9.18 Å². The van der Waals surface area contributed by atoms with Crippen molar-refractivity contribution in [3.8, 4) is 5.75 Å². The Labute approximate surface area is 170 Å². The first-order valence-corrected chi connectivity index (χ1v) is 9.17. The van der Waals surface area contributed by atoms with E-state index >= 15 is 0 Å². The number of carbonyl (C=O) groups excluding carboxylic acids is 3. The van der Waals surface area contributed by atoms with Crippen LogP contribution in [0.15, 0.2) is 50.9 Å². The van der Waals surface area contributed by atoms with E-state index in [0.717, 1.165) is 5.56 Å². The topological polar surface area (TPSA) is 84.5 Å². The van der Waals surface area contributed by atoms with Crippen LogP contribution in [0.5, 0.6) is 5.75 Å². The second kappa shape index (κ2) is 8.01. The summed E-state index contributed by atoms with van der Waals surface area (Å²) in [6, 6.07) is 8.42. The summed E-state index contributed by atoms with van der Waals surface area (Å²) in [7, 11) is 0. The van der Waals surface area contributed by atoms with Crippen LogP contribution in [0.1, 0.15) is 11.1 Å². The smallest absolute Gasteiger partial charge is 0.328 e.